The van der Waals surface area contributed by atoms with E-state index in [2.05, 4.69) is 15.9 Å². The minimum atomic E-state index is -0.945. The molecule has 17 heavy (non-hydrogen) atoms. The highest BCUT2D eigenvalue weighted by atomic mass is 79.9. The van der Waals surface area contributed by atoms with E-state index in [-0.39, 0.29) is 5.91 Å². The topological polar surface area (TPSA) is 20.3 Å². The van der Waals surface area contributed by atoms with Crippen LogP contribution in [0.4, 0.5) is 8.78 Å². The number of amides is 1. The molecule has 0 saturated carbocycles. The molecule has 1 amide bonds. The van der Waals surface area contributed by atoms with Gasteiger partial charge in [-0.15, -0.1) is 0 Å². The SMILES string of the molecule is CCN(CC)C(=O)C(Br)c1ccc(F)c(F)c1. The van der Waals surface area contributed by atoms with Crippen molar-refractivity contribution in [1.29, 1.82) is 0 Å². The summed E-state index contributed by atoms with van der Waals surface area (Å²) in [4.78, 5) is 12.9. The monoisotopic (exact) mass is 305 g/mol. The minimum absolute atomic E-state index is 0.152. The Morgan fingerprint density at radius 2 is 1.88 bits per heavy atom. The van der Waals surface area contributed by atoms with E-state index in [0.717, 1.165) is 12.1 Å². The zero-order chi connectivity index (χ0) is 13.0. The molecule has 1 unspecified atom stereocenters. The number of nitrogens with zero attached hydrogens (tertiary/aromatic N) is 1. The highest BCUT2D eigenvalue weighted by Gasteiger charge is 2.22. The molecule has 0 aromatic heterocycles. The van der Waals surface area contributed by atoms with Crippen molar-refractivity contribution in [3.8, 4) is 0 Å². The molecule has 1 aromatic carbocycles. The third-order valence-corrected chi connectivity index (χ3v) is 3.45. The summed E-state index contributed by atoms with van der Waals surface area (Å²) in [6.07, 6.45) is 0. The fourth-order valence-electron chi connectivity index (χ4n) is 1.51. The lowest BCUT2D eigenvalue weighted by Gasteiger charge is -2.22. The van der Waals surface area contributed by atoms with Gasteiger partial charge in [-0.1, -0.05) is 22.0 Å². The molecule has 2 nitrogen and oxygen atoms in total. The van der Waals surface area contributed by atoms with E-state index in [1.54, 1.807) is 4.90 Å². The quantitative estimate of drug-likeness (QED) is 0.782. The molecule has 1 atom stereocenters. The zero-order valence-electron chi connectivity index (χ0n) is 9.71. The van der Waals surface area contributed by atoms with Gasteiger partial charge >= 0.3 is 0 Å². The third kappa shape index (κ3) is 3.25. The van der Waals surface area contributed by atoms with E-state index in [0.29, 0.717) is 18.7 Å². The number of benzene rings is 1. The molecule has 0 spiro atoms. The summed E-state index contributed by atoms with van der Waals surface area (Å²) in [5.74, 6) is -2.01. The predicted molar refractivity (Wildman–Crippen MR) is 66.0 cm³/mol. The maximum absolute atomic E-state index is 13.0. The molecule has 94 valence electrons. The van der Waals surface area contributed by atoms with Gasteiger partial charge in [-0.25, -0.2) is 8.78 Å². The number of hydrogen-bond acceptors (Lipinski definition) is 1. The molecule has 0 bridgehead atoms. The Kier molecular flexibility index (Phi) is 5.05. The van der Waals surface area contributed by atoms with Crippen LogP contribution in [0.25, 0.3) is 0 Å². The van der Waals surface area contributed by atoms with E-state index in [4.69, 9.17) is 0 Å². The molecule has 0 aliphatic heterocycles. The van der Waals surface area contributed by atoms with Crippen molar-refractivity contribution in [1.82, 2.24) is 4.90 Å². The van der Waals surface area contributed by atoms with Crippen LogP contribution in [0.1, 0.15) is 24.2 Å². The van der Waals surface area contributed by atoms with Crippen LogP contribution in [0.2, 0.25) is 0 Å². The summed E-state index contributed by atoms with van der Waals surface area (Å²) < 4.78 is 25.8. The number of rotatable bonds is 4. The Morgan fingerprint density at radius 3 is 2.35 bits per heavy atom. The average Bonchev–Trinajstić information content (AvgIpc) is 2.33. The van der Waals surface area contributed by atoms with Crippen LogP contribution >= 0.6 is 15.9 Å². The zero-order valence-corrected chi connectivity index (χ0v) is 11.3. The molecule has 0 aliphatic carbocycles. The smallest absolute Gasteiger partial charge is 0.240 e. The second-order valence-corrected chi connectivity index (χ2v) is 4.46. The highest BCUT2D eigenvalue weighted by molar-refractivity contribution is 9.09. The number of hydrogen-bond donors (Lipinski definition) is 0. The summed E-state index contributed by atoms with van der Waals surface area (Å²) in [6.45, 7) is 4.90. The Balaban J connectivity index is 2.92. The average molecular weight is 306 g/mol. The van der Waals surface area contributed by atoms with Crippen LogP contribution in [-0.4, -0.2) is 23.9 Å². The van der Waals surface area contributed by atoms with Crippen molar-refractivity contribution >= 4 is 21.8 Å². The Bertz CT molecular complexity index is 407. The number of carbonyl (C=O) groups excluding carboxylic acids is 1. The van der Waals surface area contributed by atoms with Crippen molar-refractivity contribution < 1.29 is 13.6 Å². The van der Waals surface area contributed by atoms with Crippen LogP contribution in [0.3, 0.4) is 0 Å². The molecular formula is C12H14BrF2NO. The number of likely N-dealkylation sites (N-methyl/N-ethyl adjacent to an activating group) is 1. The molecule has 0 N–H and O–H groups in total. The largest absolute Gasteiger partial charge is 0.342 e. The summed E-state index contributed by atoms with van der Waals surface area (Å²) in [5.41, 5.74) is 0.417. The van der Waals surface area contributed by atoms with Crippen LogP contribution in [0.15, 0.2) is 18.2 Å². The standard InChI is InChI=1S/C12H14BrF2NO/c1-3-16(4-2)12(17)11(13)8-5-6-9(14)10(15)7-8/h5-7,11H,3-4H2,1-2H3. The molecule has 0 heterocycles. The van der Waals surface area contributed by atoms with E-state index in [1.165, 1.54) is 6.07 Å². The highest BCUT2D eigenvalue weighted by Crippen LogP contribution is 2.26. The van der Waals surface area contributed by atoms with Gasteiger partial charge in [-0.3, -0.25) is 4.79 Å². The molecule has 5 heteroatoms. The van der Waals surface area contributed by atoms with Crippen LogP contribution in [0, 0.1) is 11.6 Å². The fraction of sp³-hybridized carbons (Fsp3) is 0.417. The Morgan fingerprint density at radius 1 is 1.29 bits per heavy atom. The molecule has 0 aliphatic rings. The molecular weight excluding hydrogens is 292 g/mol. The number of alkyl halides is 1. The van der Waals surface area contributed by atoms with Gasteiger partial charge < -0.3 is 4.90 Å². The first-order chi connectivity index (χ1) is 8.01. The Hall–Kier alpha value is -0.970. The van der Waals surface area contributed by atoms with Crippen LogP contribution in [0.5, 0.6) is 0 Å². The van der Waals surface area contributed by atoms with Crippen molar-refractivity contribution in [2.45, 2.75) is 18.7 Å². The summed E-state index contributed by atoms with van der Waals surface area (Å²) >= 11 is 3.21. The molecule has 0 saturated heterocycles. The second kappa shape index (κ2) is 6.10. The van der Waals surface area contributed by atoms with Gasteiger partial charge in [0.2, 0.25) is 5.91 Å². The summed E-state index contributed by atoms with van der Waals surface area (Å²) in [6, 6.07) is 3.46. The van der Waals surface area contributed by atoms with Gasteiger partial charge in [0.05, 0.1) is 0 Å². The van der Waals surface area contributed by atoms with Gasteiger partial charge in [0.1, 0.15) is 4.83 Å². The number of carbonyl (C=O) groups is 1. The molecule has 0 radical (unpaired) electrons. The minimum Gasteiger partial charge on any atom is -0.342 e. The van der Waals surface area contributed by atoms with E-state index in [1.807, 2.05) is 13.8 Å². The van der Waals surface area contributed by atoms with Gasteiger partial charge in [0.25, 0.3) is 0 Å². The number of halogens is 3. The normalized spacial score (nSPS) is 12.3. The maximum Gasteiger partial charge on any atom is 0.240 e. The van der Waals surface area contributed by atoms with Crippen LogP contribution < -0.4 is 0 Å². The lowest BCUT2D eigenvalue weighted by atomic mass is 10.1. The van der Waals surface area contributed by atoms with Crippen molar-refractivity contribution in [2.75, 3.05) is 13.1 Å². The first-order valence-electron chi connectivity index (χ1n) is 5.39. The second-order valence-electron chi connectivity index (χ2n) is 3.55. The lowest BCUT2D eigenvalue weighted by Crippen LogP contribution is -2.33. The summed E-state index contributed by atoms with van der Waals surface area (Å²) in [7, 11) is 0. The molecule has 1 rings (SSSR count). The van der Waals surface area contributed by atoms with Gasteiger partial charge in [-0.2, -0.15) is 0 Å². The first kappa shape index (κ1) is 14.1. The van der Waals surface area contributed by atoms with Crippen molar-refractivity contribution in [2.24, 2.45) is 0 Å². The van der Waals surface area contributed by atoms with Crippen molar-refractivity contribution in [3.63, 3.8) is 0 Å². The van der Waals surface area contributed by atoms with Crippen molar-refractivity contribution in [3.05, 3.63) is 35.4 Å². The first-order valence-corrected chi connectivity index (χ1v) is 6.30. The van der Waals surface area contributed by atoms with Gasteiger partial charge in [0, 0.05) is 13.1 Å². The van der Waals surface area contributed by atoms with E-state index in [9.17, 15) is 13.6 Å². The van der Waals surface area contributed by atoms with E-state index >= 15 is 0 Å². The fourth-order valence-corrected chi connectivity index (χ4v) is 2.08. The van der Waals surface area contributed by atoms with E-state index < -0.39 is 16.5 Å². The predicted octanol–water partition coefficient (Wildman–Crippen LogP) is 3.27. The summed E-state index contributed by atoms with van der Waals surface area (Å²) in [5, 5.41) is 0. The Labute approximate surface area is 108 Å². The third-order valence-electron chi connectivity index (χ3n) is 2.53. The van der Waals surface area contributed by atoms with Gasteiger partial charge in [-0.05, 0) is 31.5 Å². The maximum atomic E-state index is 13.0. The molecule has 1 aromatic rings. The van der Waals surface area contributed by atoms with Gasteiger partial charge in [0.15, 0.2) is 11.6 Å². The van der Waals surface area contributed by atoms with Crippen LogP contribution in [-0.2, 0) is 4.79 Å². The lowest BCUT2D eigenvalue weighted by molar-refractivity contribution is -0.130. The molecule has 0 fully saturated rings.